The van der Waals surface area contributed by atoms with E-state index in [0.29, 0.717) is 12.1 Å². The molecular weight excluding hydrogens is 502 g/mol. The molecule has 4 saturated heterocycles. The van der Waals surface area contributed by atoms with Gasteiger partial charge in [0.1, 0.15) is 17.7 Å². The lowest BCUT2D eigenvalue weighted by molar-refractivity contribution is -0.241. The highest BCUT2D eigenvalue weighted by Crippen LogP contribution is 2.66. The molecule has 2 unspecified atom stereocenters. The van der Waals surface area contributed by atoms with Gasteiger partial charge in [0, 0.05) is 12.1 Å². The highest BCUT2D eigenvalue weighted by Gasteiger charge is 2.80. The molecule has 4 fully saturated rings. The molecule has 0 saturated carbocycles. The van der Waals surface area contributed by atoms with Crippen LogP contribution in [0, 0.1) is 11.3 Å². The minimum Gasteiger partial charge on any atom is -0.466 e. The Balaban J connectivity index is 1.48. The SMILES string of the molecule is CCOC(=O)C1[C@]2(CN(C)[C@@]13C(=O)c1cccc4cccc3c14)C([C@@H]1COC(C)(C)O1)O[C@H]1OC(C)(C)O[C@H]12. The van der Waals surface area contributed by atoms with E-state index >= 15 is 0 Å². The van der Waals surface area contributed by atoms with Crippen LogP contribution < -0.4 is 0 Å². The zero-order valence-corrected chi connectivity index (χ0v) is 23.2. The molecule has 0 N–H and O–H groups in total. The number of hydrogen-bond acceptors (Lipinski definition) is 9. The number of fused-ring (bicyclic) bond motifs is 3. The van der Waals surface area contributed by atoms with E-state index in [4.69, 9.17) is 28.4 Å². The second-order valence-corrected chi connectivity index (χ2v) is 12.3. The van der Waals surface area contributed by atoms with E-state index < -0.39 is 59.0 Å². The Bertz CT molecular complexity index is 1380. The molecule has 4 heterocycles. The van der Waals surface area contributed by atoms with Crippen LogP contribution >= 0.6 is 0 Å². The molecule has 0 radical (unpaired) electrons. The third-order valence-electron chi connectivity index (χ3n) is 9.26. The first-order valence-corrected chi connectivity index (χ1v) is 13.7. The number of likely N-dealkylation sites (tertiary alicyclic amines) is 1. The van der Waals surface area contributed by atoms with Gasteiger partial charge in [-0.15, -0.1) is 0 Å². The fraction of sp³-hybridized carbons (Fsp3) is 0.600. The average molecular weight is 538 g/mol. The van der Waals surface area contributed by atoms with E-state index in [0.717, 1.165) is 16.3 Å². The number of likely N-dealkylation sites (N-methyl/N-ethyl adjacent to an activating group) is 1. The highest BCUT2D eigenvalue weighted by molar-refractivity contribution is 6.21. The number of benzene rings is 2. The molecule has 0 amide bonds. The monoisotopic (exact) mass is 537 g/mol. The summed E-state index contributed by atoms with van der Waals surface area (Å²) < 4.78 is 37.5. The molecule has 2 aromatic rings. The standard InChI is InChI=1S/C30H35NO8/c1-7-34-25(33)21-29(23(19-14-35-27(2,3)37-19)36-26-24(29)38-28(4,5)39-26)15-31(6)30(21)18-13-9-11-16-10-8-12-17(20(16)18)22(30)32/h8-13,19,21,23-24,26H,7,14-15H2,1-6H3/t19-,21?,23?,24+,26-,29+,30+/m0/s1. The van der Waals surface area contributed by atoms with Gasteiger partial charge in [-0.3, -0.25) is 14.5 Å². The van der Waals surface area contributed by atoms with Crippen molar-refractivity contribution in [2.75, 3.05) is 26.8 Å². The van der Waals surface area contributed by atoms with Crippen LogP contribution in [0.1, 0.15) is 50.5 Å². The van der Waals surface area contributed by atoms with Gasteiger partial charge in [0.05, 0.1) is 30.7 Å². The molecule has 0 aromatic heterocycles. The number of Topliss-reactive ketones (excluding diaryl/α,β-unsaturated/α-hetero) is 1. The van der Waals surface area contributed by atoms with Crippen molar-refractivity contribution in [3.8, 4) is 0 Å². The van der Waals surface area contributed by atoms with Crippen molar-refractivity contribution in [3.63, 3.8) is 0 Å². The lowest BCUT2D eigenvalue weighted by atomic mass is 9.62. The summed E-state index contributed by atoms with van der Waals surface area (Å²) >= 11 is 0. The molecular formula is C30H35NO8. The Kier molecular flexibility index (Phi) is 5.30. The molecule has 7 rings (SSSR count). The summed E-state index contributed by atoms with van der Waals surface area (Å²) in [5, 5.41) is 1.83. The summed E-state index contributed by atoms with van der Waals surface area (Å²) in [6.07, 6.45) is -2.54. The van der Waals surface area contributed by atoms with E-state index in [1.54, 1.807) is 6.92 Å². The Morgan fingerprint density at radius 1 is 1.03 bits per heavy atom. The number of esters is 1. The zero-order chi connectivity index (χ0) is 27.5. The third-order valence-corrected chi connectivity index (χ3v) is 9.26. The van der Waals surface area contributed by atoms with Gasteiger partial charge < -0.3 is 28.4 Å². The molecule has 208 valence electrons. The van der Waals surface area contributed by atoms with E-state index in [9.17, 15) is 9.59 Å². The first-order chi connectivity index (χ1) is 18.5. The van der Waals surface area contributed by atoms with Gasteiger partial charge in [-0.2, -0.15) is 0 Å². The van der Waals surface area contributed by atoms with Gasteiger partial charge in [-0.05, 0) is 58.0 Å². The van der Waals surface area contributed by atoms with E-state index in [2.05, 4.69) is 0 Å². The van der Waals surface area contributed by atoms with Crippen molar-refractivity contribution >= 4 is 22.5 Å². The molecule has 9 nitrogen and oxygen atoms in total. The highest BCUT2D eigenvalue weighted by atomic mass is 16.8. The number of carbonyl (C=O) groups is 2. The van der Waals surface area contributed by atoms with Gasteiger partial charge in [0.25, 0.3) is 0 Å². The normalized spacial score (nSPS) is 39.8. The molecule has 2 spiro atoms. The summed E-state index contributed by atoms with van der Waals surface area (Å²) in [6, 6.07) is 11.7. The predicted octanol–water partition coefficient (Wildman–Crippen LogP) is 3.37. The molecule has 5 aliphatic rings. The lowest BCUT2D eigenvalue weighted by Crippen LogP contribution is -2.58. The number of nitrogens with zero attached hydrogens (tertiary/aromatic N) is 1. The molecule has 0 bridgehead atoms. The molecule has 7 atom stereocenters. The summed E-state index contributed by atoms with van der Waals surface area (Å²) in [5.41, 5.74) is -0.925. The van der Waals surface area contributed by atoms with Crippen molar-refractivity contribution in [1.82, 2.24) is 4.90 Å². The van der Waals surface area contributed by atoms with E-state index in [1.165, 1.54) is 0 Å². The second-order valence-electron chi connectivity index (χ2n) is 12.3. The minimum atomic E-state index is -1.31. The fourth-order valence-electron chi connectivity index (χ4n) is 8.13. The van der Waals surface area contributed by atoms with E-state index in [1.807, 2.05) is 76.0 Å². The minimum absolute atomic E-state index is 0.115. The maximum absolute atomic E-state index is 14.7. The van der Waals surface area contributed by atoms with Crippen LogP contribution in [0.3, 0.4) is 0 Å². The quantitative estimate of drug-likeness (QED) is 0.547. The van der Waals surface area contributed by atoms with Crippen molar-refractivity contribution in [2.24, 2.45) is 11.3 Å². The largest absolute Gasteiger partial charge is 0.466 e. The number of ether oxygens (including phenoxy) is 6. The third kappa shape index (κ3) is 3.17. The molecule has 4 aliphatic heterocycles. The summed E-state index contributed by atoms with van der Waals surface area (Å²) in [6.45, 7) is 9.94. The number of ketones is 1. The van der Waals surface area contributed by atoms with Crippen LogP contribution in [-0.4, -0.2) is 79.6 Å². The van der Waals surface area contributed by atoms with Crippen molar-refractivity contribution < 1.29 is 38.0 Å². The smallest absolute Gasteiger partial charge is 0.312 e. The molecule has 39 heavy (non-hydrogen) atoms. The van der Waals surface area contributed by atoms with Gasteiger partial charge in [0.2, 0.25) is 0 Å². The first-order valence-electron chi connectivity index (χ1n) is 13.7. The first kappa shape index (κ1) is 25.6. The molecule has 2 aromatic carbocycles. The van der Waals surface area contributed by atoms with Crippen LogP contribution in [0.25, 0.3) is 10.8 Å². The summed E-state index contributed by atoms with van der Waals surface area (Å²) in [5.74, 6) is -3.28. The maximum Gasteiger partial charge on any atom is 0.312 e. The number of rotatable bonds is 3. The Labute approximate surface area is 227 Å². The van der Waals surface area contributed by atoms with Crippen LogP contribution in [0.4, 0.5) is 0 Å². The van der Waals surface area contributed by atoms with Gasteiger partial charge in [-0.1, -0.05) is 36.4 Å². The average Bonchev–Trinajstić information content (AvgIpc) is 3.60. The van der Waals surface area contributed by atoms with Crippen molar-refractivity contribution in [2.45, 2.75) is 76.3 Å². The van der Waals surface area contributed by atoms with Crippen LogP contribution in [0.2, 0.25) is 0 Å². The summed E-state index contributed by atoms with van der Waals surface area (Å²) in [4.78, 5) is 31.1. The maximum atomic E-state index is 14.7. The summed E-state index contributed by atoms with van der Waals surface area (Å²) in [7, 11) is 1.91. The van der Waals surface area contributed by atoms with Crippen molar-refractivity contribution in [1.29, 1.82) is 0 Å². The Morgan fingerprint density at radius 3 is 2.46 bits per heavy atom. The number of carbonyl (C=O) groups excluding carboxylic acids is 2. The fourth-order valence-corrected chi connectivity index (χ4v) is 8.13. The van der Waals surface area contributed by atoms with Gasteiger partial charge >= 0.3 is 5.97 Å². The van der Waals surface area contributed by atoms with Crippen LogP contribution in [0.5, 0.6) is 0 Å². The topological polar surface area (TPSA) is 92.8 Å². The Hall–Kier alpha value is -2.40. The molecule has 1 aliphatic carbocycles. The van der Waals surface area contributed by atoms with Crippen LogP contribution in [0.15, 0.2) is 36.4 Å². The zero-order valence-electron chi connectivity index (χ0n) is 23.2. The van der Waals surface area contributed by atoms with Crippen LogP contribution in [-0.2, 0) is 38.8 Å². The van der Waals surface area contributed by atoms with E-state index in [-0.39, 0.29) is 19.0 Å². The Morgan fingerprint density at radius 2 is 1.77 bits per heavy atom. The van der Waals surface area contributed by atoms with Gasteiger partial charge in [-0.25, -0.2) is 0 Å². The lowest BCUT2D eigenvalue weighted by Gasteiger charge is -2.42. The molecule has 9 heteroatoms. The predicted molar refractivity (Wildman–Crippen MR) is 139 cm³/mol. The van der Waals surface area contributed by atoms with Crippen molar-refractivity contribution in [3.05, 3.63) is 47.5 Å². The second kappa shape index (κ2) is 8.09. The number of hydrogen-bond donors (Lipinski definition) is 0. The van der Waals surface area contributed by atoms with Gasteiger partial charge in [0.15, 0.2) is 23.6 Å².